The average molecular weight is 292 g/mol. The molecule has 4 nitrogen and oxygen atoms in total. The van der Waals surface area contributed by atoms with E-state index in [0.717, 1.165) is 36.0 Å². The van der Waals surface area contributed by atoms with Crippen LogP contribution in [0.3, 0.4) is 0 Å². The molecule has 5 heteroatoms. The molecular formula is C15H18ClN3O. The monoisotopic (exact) mass is 291 g/mol. The van der Waals surface area contributed by atoms with Crippen molar-refractivity contribution in [2.75, 3.05) is 18.5 Å². The lowest BCUT2D eigenvalue weighted by atomic mass is 9.87. The SMILES string of the molecule is OCC1(CNc2nnc(Cl)c3ccccc23)CCCC1. The molecule has 1 aromatic heterocycles. The minimum Gasteiger partial charge on any atom is -0.396 e. The lowest BCUT2D eigenvalue weighted by Crippen LogP contribution is -2.30. The maximum atomic E-state index is 9.65. The fourth-order valence-corrected chi connectivity index (χ4v) is 3.19. The first kappa shape index (κ1) is 13.6. The lowest BCUT2D eigenvalue weighted by Gasteiger charge is -2.27. The van der Waals surface area contributed by atoms with Gasteiger partial charge in [-0.05, 0) is 12.8 Å². The van der Waals surface area contributed by atoms with Gasteiger partial charge in [-0.3, -0.25) is 0 Å². The molecule has 3 rings (SSSR count). The van der Waals surface area contributed by atoms with Gasteiger partial charge in [0.15, 0.2) is 11.0 Å². The second-order valence-electron chi connectivity index (χ2n) is 5.60. The predicted molar refractivity (Wildman–Crippen MR) is 81.0 cm³/mol. The Bertz CT molecular complexity index is 611. The highest BCUT2D eigenvalue weighted by Gasteiger charge is 2.33. The Balaban J connectivity index is 1.86. The molecule has 0 spiro atoms. The van der Waals surface area contributed by atoms with Gasteiger partial charge in [-0.2, -0.15) is 0 Å². The zero-order valence-electron chi connectivity index (χ0n) is 11.3. The van der Waals surface area contributed by atoms with E-state index >= 15 is 0 Å². The van der Waals surface area contributed by atoms with Crippen LogP contribution in [0.5, 0.6) is 0 Å². The smallest absolute Gasteiger partial charge is 0.159 e. The number of aliphatic hydroxyl groups is 1. The number of hydrogen-bond acceptors (Lipinski definition) is 4. The van der Waals surface area contributed by atoms with Gasteiger partial charge in [0.25, 0.3) is 0 Å². The van der Waals surface area contributed by atoms with Crippen molar-refractivity contribution in [1.82, 2.24) is 10.2 Å². The molecule has 0 amide bonds. The minimum atomic E-state index is -0.0115. The Hall–Kier alpha value is -1.39. The van der Waals surface area contributed by atoms with Crippen molar-refractivity contribution in [3.05, 3.63) is 29.4 Å². The summed E-state index contributed by atoms with van der Waals surface area (Å²) in [6, 6.07) is 7.82. The summed E-state index contributed by atoms with van der Waals surface area (Å²) < 4.78 is 0. The van der Waals surface area contributed by atoms with Gasteiger partial charge in [-0.15, -0.1) is 10.2 Å². The van der Waals surface area contributed by atoms with E-state index in [2.05, 4.69) is 15.5 Å². The van der Waals surface area contributed by atoms with Crippen LogP contribution < -0.4 is 5.32 Å². The number of anilines is 1. The molecule has 1 saturated carbocycles. The highest BCUT2D eigenvalue weighted by atomic mass is 35.5. The molecule has 2 N–H and O–H groups in total. The Labute approximate surface area is 123 Å². The maximum Gasteiger partial charge on any atom is 0.159 e. The first-order valence-electron chi connectivity index (χ1n) is 7.00. The van der Waals surface area contributed by atoms with E-state index in [1.54, 1.807) is 0 Å². The third-order valence-corrected chi connectivity index (χ3v) is 4.55. The number of nitrogens with one attached hydrogen (secondary N) is 1. The summed E-state index contributed by atoms with van der Waals surface area (Å²) in [6.45, 7) is 0.947. The van der Waals surface area contributed by atoms with Crippen molar-refractivity contribution in [3.8, 4) is 0 Å². The number of benzene rings is 1. The van der Waals surface area contributed by atoms with Gasteiger partial charge in [0.1, 0.15) is 0 Å². The van der Waals surface area contributed by atoms with Gasteiger partial charge in [-0.1, -0.05) is 48.7 Å². The van der Waals surface area contributed by atoms with E-state index in [4.69, 9.17) is 11.6 Å². The van der Waals surface area contributed by atoms with E-state index in [9.17, 15) is 5.11 Å². The zero-order chi connectivity index (χ0) is 14.0. The standard InChI is InChI=1S/C15H18ClN3O/c16-13-11-5-1-2-6-12(11)14(19-18-13)17-9-15(10-20)7-3-4-8-15/h1-2,5-6,20H,3-4,7-10H2,(H,17,19). The molecule has 106 valence electrons. The molecule has 0 saturated heterocycles. The number of nitrogens with zero attached hydrogens (tertiary/aromatic N) is 2. The highest BCUT2D eigenvalue weighted by molar-refractivity contribution is 6.34. The topological polar surface area (TPSA) is 58.0 Å². The Morgan fingerprint density at radius 2 is 1.85 bits per heavy atom. The van der Waals surface area contributed by atoms with Gasteiger partial charge >= 0.3 is 0 Å². The van der Waals surface area contributed by atoms with Crippen molar-refractivity contribution < 1.29 is 5.11 Å². The summed E-state index contributed by atoms with van der Waals surface area (Å²) in [4.78, 5) is 0. The quantitative estimate of drug-likeness (QED) is 0.908. The van der Waals surface area contributed by atoms with Crippen LogP contribution in [0.1, 0.15) is 25.7 Å². The van der Waals surface area contributed by atoms with E-state index < -0.39 is 0 Å². The number of aromatic nitrogens is 2. The van der Waals surface area contributed by atoms with Crippen molar-refractivity contribution >= 4 is 28.2 Å². The Morgan fingerprint density at radius 1 is 1.15 bits per heavy atom. The van der Waals surface area contributed by atoms with Crippen LogP contribution in [0.2, 0.25) is 5.15 Å². The summed E-state index contributed by atoms with van der Waals surface area (Å²) >= 11 is 6.07. The van der Waals surface area contributed by atoms with Gasteiger partial charge in [0.2, 0.25) is 0 Å². The second kappa shape index (κ2) is 5.54. The summed E-state index contributed by atoms with van der Waals surface area (Å²) in [5.74, 6) is 0.740. The molecule has 1 aliphatic rings. The van der Waals surface area contributed by atoms with Gasteiger partial charge in [0.05, 0.1) is 6.61 Å². The van der Waals surface area contributed by atoms with Gasteiger partial charge < -0.3 is 10.4 Å². The Kier molecular flexibility index (Phi) is 3.76. The van der Waals surface area contributed by atoms with Crippen molar-refractivity contribution in [1.29, 1.82) is 0 Å². The summed E-state index contributed by atoms with van der Waals surface area (Å²) in [6.07, 6.45) is 4.51. The van der Waals surface area contributed by atoms with E-state index in [0.29, 0.717) is 5.15 Å². The maximum absolute atomic E-state index is 9.65. The fourth-order valence-electron chi connectivity index (χ4n) is 2.99. The van der Waals surface area contributed by atoms with Crippen LogP contribution in [-0.4, -0.2) is 28.5 Å². The number of rotatable bonds is 4. The molecule has 0 unspecified atom stereocenters. The molecule has 0 aliphatic heterocycles. The average Bonchev–Trinajstić information content (AvgIpc) is 2.96. The van der Waals surface area contributed by atoms with Crippen LogP contribution in [0.4, 0.5) is 5.82 Å². The molecule has 1 fully saturated rings. The molecule has 2 aromatic rings. The third kappa shape index (κ3) is 2.45. The fraction of sp³-hybridized carbons (Fsp3) is 0.467. The van der Waals surface area contributed by atoms with Crippen LogP contribution in [0.15, 0.2) is 24.3 Å². The van der Waals surface area contributed by atoms with Gasteiger partial charge in [0, 0.05) is 22.7 Å². The third-order valence-electron chi connectivity index (χ3n) is 4.27. The number of fused-ring (bicyclic) bond motifs is 1. The molecule has 1 heterocycles. The Morgan fingerprint density at radius 3 is 2.55 bits per heavy atom. The van der Waals surface area contributed by atoms with Crippen LogP contribution in [-0.2, 0) is 0 Å². The molecule has 1 aromatic carbocycles. The van der Waals surface area contributed by atoms with E-state index in [1.165, 1.54) is 12.8 Å². The second-order valence-corrected chi connectivity index (χ2v) is 5.96. The van der Waals surface area contributed by atoms with Gasteiger partial charge in [-0.25, -0.2) is 0 Å². The largest absolute Gasteiger partial charge is 0.396 e. The number of aliphatic hydroxyl groups excluding tert-OH is 1. The molecule has 0 radical (unpaired) electrons. The highest BCUT2D eigenvalue weighted by Crippen LogP contribution is 2.38. The van der Waals surface area contributed by atoms with E-state index in [-0.39, 0.29) is 12.0 Å². The summed E-state index contributed by atoms with van der Waals surface area (Å²) in [5.41, 5.74) is -0.0115. The summed E-state index contributed by atoms with van der Waals surface area (Å²) in [7, 11) is 0. The minimum absolute atomic E-state index is 0.0115. The molecule has 0 atom stereocenters. The predicted octanol–water partition coefficient (Wildman–Crippen LogP) is 3.25. The first-order chi connectivity index (χ1) is 9.74. The van der Waals surface area contributed by atoms with Crippen LogP contribution in [0, 0.1) is 5.41 Å². The molecular weight excluding hydrogens is 274 g/mol. The van der Waals surface area contributed by atoms with Crippen molar-refractivity contribution in [3.63, 3.8) is 0 Å². The zero-order valence-corrected chi connectivity index (χ0v) is 12.0. The summed E-state index contributed by atoms with van der Waals surface area (Å²) in [5, 5.41) is 23.5. The number of halogens is 1. The molecule has 20 heavy (non-hydrogen) atoms. The van der Waals surface area contributed by atoms with Crippen LogP contribution in [0.25, 0.3) is 10.8 Å². The molecule has 1 aliphatic carbocycles. The lowest BCUT2D eigenvalue weighted by molar-refractivity contribution is 0.142. The first-order valence-corrected chi connectivity index (χ1v) is 7.38. The van der Waals surface area contributed by atoms with E-state index in [1.807, 2.05) is 24.3 Å². The normalized spacial score (nSPS) is 17.5. The van der Waals surface area contributed by atoms with Crippen molar-refractivity contribution in [2.24, 2.45) is 5.41 Å². The molecule has 0 bridgehead atoms. The van der Waals surface area contributed by atoms with Crippen molar-refractivity contribution in [2.45, 2.75) is 25.7 Å². The number of hydrogen-bond donors (Lipinski definition) is 2. The van der Waals surface area contributed by atoms with Crippen LogP contribution >= 0.6 is 11.6 Å².